The van der Waals surface area contributed by atoms with Crippen LogP contribution < -0.4 is 20.9 Å². The predicted molar refractivity (Wildman–Crippen MR) is 124 cm³/mol. The lowest BCUT2D eigenvalue weighted by Crippen LogP contribution is -2.43. The van der Waals surface area contributed by atoms with Gasteiger partial charge >= 0.3 is 0 Å². The van der Waals surface area contributed by atoms with Crippen molar-refractivity contribution in [1.29, 1.82) is 0 Å². The number of nitrogens with zero attached hydrogens (tertiary/aromatic N) is 1. The van der Waals surface area contributed by atoms with Crippen molar-refractivity contribution in [2.45, 2.75) is 26.7 Å². The summed E-state index contributed by atoms with van der Waals surface area (Å²) in [5, 5.41) is 2.83. The van der Waals surface area contributed by atoms with Gasteiger partial charge in [-0.15, -0.1) is 0 Å². The van der Waals surface area contributed by atoms with Gasteiger partial charge in [0, 0.05) is 30.9 Å². The number of hydrazine groups is 1. The number of carbonyl (C=O) groups excluding carboxylic acids is 3. The minimum absolute atomic E-state index is 0.0532. The standard InChI is InChI=1S/C25H26N4O4/c1-25(2,16-23(31)28-29-24(32)18-7-6-14-26-17-18)15-22(30)27-19-10-12-21(13-11-19)33-20-8-4-3-5-9-20/h3-14,17H,15-16H2,1-2H3,(H,27,30)(H,28,31)(H,29,32). The number of carbonyl (C=O) groups is 3. The van der Waals surface area contributed by atoms with Crippen molar-refractivity contribution < 1.29 is 19.1 Å². The second-order valence-corrected chi connectivity index (χ2v) is 8.25. The van der Waals surface area contributed by atoms with Gasteiger partial charge in [0.05, 0.1) is 5.56 Å². The van der Waals surface area contributed by atoms with Crippen LogP contribution in [0.3, 0.4) is 0 Å². The van der Waals surface area contributed by atoms with Gasteiger partial charge in [0.1, 0.15) is 11.5 Å². The molecule has 0 radical (unpaired) electrons. The zero-order valence-electron chi connectivity index (χ0n) is 18.5. The van der Waals surface area contributed by atoms with Crippen LogP contribution in [0.4, 0.5) is 5.69 Å². The first-order valence-corrected chi connectivity index (χ1v) is 10.4. The molecule has 33 heavy (non-hydrogen) atoms. The third kappa shape index (κ3) is 7.77. The molecule has 8 nitrogen and oxygen atoms in total. The summed E-state index contributed by atoms with van der Waals surface area (Å²) in [6, 6.07) is 19.7. The lowest BCUT2D eigenvalue weighted by atomic mass is 9.85. The number of hydrogen-bond acceptors (Lipinski definition) is 5. The van der Waals surface area contributed by atoms with Crippen molar-refractivity contribution >= 4 is 23.4 Å². The second kappa shape index (κ2) is 10.9. The number of para-hydroxylation sites is 1. The summed E-state index contributed by atoms with van der Waals surface area (Å²) in [7, 11) is 0. The van der Waals surface area contributed by atoms with Gasteiger partial charge in [0.2, 0.25) is 11.8 Å². The molecule has 0 fully saturated rings. The van der Waals surface area contributed by atoms with Crippen LogP contribution >= 0.6 is 0 Å². The van der Waals surface area contributed by atoms with Crippen LogP contribution in [0, 0.1) is 5.41 Å². The minimum atomic E-state index is -0.621. The Labute approximate surface area is 192 Å². The zero-order valence-corrected chi connectivity index (χ0v) is 18.5. The first-order chi connectivity index (χ1) is 15.8. The molecule has 8 heteroatoms. The van der Waals surface area contributed by atoms with E-state index in [2.05, 4.69) is 21.2 Å². The summed E-state index contributed by atoms with van der Waals surface area (Å²) in [5.74, 6) is 0.304. The summed E-state index contributed by atoms with van der Waals surface area (Å²) in [5.41, 5.74) is 5.06. The van der Waals surface area contributed by atoms with Crippen LogP contribution in [0.1, 0.15) is 37.0 Å². The van der Waals surface area contributed by atoms with E-state index in [4.69, 9.17) is 4.74 Å². The molecule has 3 aromatic rings. The molecule has 0 atom stereocenters. The van der Waals surface area contributed by atoms with Crippen LogP contribution in [-0.2, 0) is 9.59 Å². The maximum Gasteiger partial charge on any atom is 0.271 e. The molecule has 0 bridgehead atoms. The number of pyridine rings is 1. The van der Waals surface area contributed by atoms with Crippen molar-refractivity contribution in [2.75, 3.05) is 5.32 Å². The van der Waals surface area contributed by atoms with Crippen LogP contribution in [0.15, 0.2) is 79.1 Å². The number of hydrogen-bond donors (Lipinski definition) is 3. The van der Waals surface area contributed by atoms with E-state index in [1.54, 1.807) is 42.6 Å². The summed E-state index contributed by atoms with van der Waals surface area (Å²) in [6.07, 6.45) is 3.13. The van der Waals surface area contributed by atoms with Gasteiger partial charge in [-0.3, -0.25) is 30.2 Å². The molecule has 3 rings (SSSR count). The van der Waals surface area contributed by atoms with Crippen molar-refractivity contribution in [3.8, 4) is 11.5 Å². The fourth-order valence-corrected chi connectivity index (χ4v) is 3.11. The van der Waals surface area contributed by atoms with E-state index in [9.17, 15) is 14.4 Å². The van der Waals surface area contributed by atoms with Crippen molar-refractivity contribution in [3.63, 3.8) is 0 Å². The average Bonchev–Trinajstić information content (AvgIpc) is 2.79. The molecular weight excluding hydrogens is 420 g/mol. The number of aromatic nitrogens is 1. The molecule has 0 aliphatic carbocycles. The van der Waals surface area contributed by atoms with Gasteiger partial charge in [-0.1, -0.05) is 32.0 Å². The van der Waals surface area contributed by atoms with E-state index < -0.39 is 17.2 Å². The SMILES string of the molecule is CC(C)(CC(=O)NNC(=O)c1cccnc1)CC(=O)Nc1ccc(Oc2ccccc2)cc1. The van der Waals surface area contributed by atoms with Gasteiger partial charge in [-0.2, -0.15) is 0 Å². The number of amides is 3. The van der Waals surface area contributed by atoms with Gasteiger partial charge in [0.15, 0.2) is 0 Å². The normalized spacial score (nSPS) is 10.7. The monoisotopic (exact) mass is 446 g/mol. The highest BCUT2D eigenvalue weighted by Crippen LogP contribution is 2.26. The highest BCUT2D eigenvalue weighted by atomic mass is 16.5. The smallest absolute Gasteiger partial charge is 0.271 e. The summed E-state index contributed by atoms with van der Waals surface area (Å²) in [6.45, 7) is 3.62. The van der Waals surface area contributed by atoms with Gasteiger partial charge in [-0.05, 0) is 53.9 Å². The molecule has 0 saturated carbocycles. The summed E-state index contributed by atoms with van der Waals surface area (Å²) in [4.78, 5) is 40.6. The number of anilines is 1. The Kier molecular flexibility index (Phi) is 7.75. The number of ether oxygens (including phenoxy) is 1. The first kappa shape index (κ1) is 23.5. The number of benzene rings is 2. The zero-order chi connectivity index (χ0) is 23.7. The third-order valence-corrected chi connectivity index (χ3v) is 4.63. The fourth-order valence-electron chi connectivity index (χ4n) is 3.11. The molecule has 0 saturated heterocycles. The van der Waals surface area contributed by atoms with Crippen LogP contribution in [0.2, 0.25) is 0 Å². The van der Waals surface area contributed by atoms with Crippen LogP contribution in [-0.4, -0.2) is 22.7 Å². The highest BCUT2D eigenvalue weighted by molar-refractivity contribution is 5.95. The number of rotatable bonds is 8. The molecular formula is C25H26N4O4. The van der Waals surface area contributed by atoms with Gasteiger partial charge in [0.25, 0.3) is 5.91 Å². The topological polar surface area (TPSA) is 109 Å². The maximum atomic E-state index is 12.5. The molecule has 0 spiro atoms. The molecule has 170 valence electrons. The molecule has 3 N–H and O–H groups in total. The van der Waals surface area contributed by atoms with E-state index in [0.717, 1.165) is 5.75 Å². The lowest BCUT2D eigenvalue weighted by molar-refractivity contribution is -0.124. The third-order valence-electron chi connectivity index (χ3n) is 4.63. The van der Waals surface area contributed by atoms with Gasteiger partial charge < -0.3 is 10.1 Å². The largest absolute Gasteiger partial charge is 0.457 e. The molecule has 0 unspecified atom stereocenters. The van der Waals surface area contributed by atoms with Crippen molar-refractivity contribution in [1.82, 2.24) is 15.8 Å². The summed E-state index contributed by atoms with van der Waals surface area (Å²) >= 11 is 0. The molecule has 3 amide bonds. The Hall–Kier alpha value is -4.20. The Balaban J connectivity index is 1.44. The summed E-state index contributed by atoms with van der Waals surface area (Å²) < 4.78 is 5.74. The second-order valence-electron chi connectivity index (χ2n) is 8.25. The van der Waals surface area contributed by atoms with E-state index in [-0.39, 0.29) is 18.7 Å². The van der Waals surface area contributed by atoms with Crippen molar-refractivity contribution in [2.24, 2.45) is 5.41 Å². The van der Waals surface area contributed by atoms with Crippen molar-refractivity contribution in [3.05, 3.63) is 84.7 Å². The Morgan fingerprint density at radius 3 is 2.15 bits per heavy atom. The molecule has 2 aromatic carbocycles. The fraction of sp³-hybridized carbons (Fsp3) is 0.200. The first-order valence-electron chi connectivity index (χ1n) is 10.4. The Bertz CT molecular complexity index is 1080. The van der Waals surface area contributed by atoms with E-state index in [1.165, 1.54) is 6.20 Å². The Morgan fingerprint density at radius 1 is 0.818 bits per heavy atom. The van der Waals surface area contributed by atoms with E-state index in [0.29, 0.717) is 17.0 Å². The minimum Gasteiger partial charge on any atom is -0.457 e. The van der Waals surface area contributed by atoms with Crippen LogP contribution in [0.5, 0.6) is 11.5 Å². The quantitative estimate of drug-likeness (QED) is 0.452. The molecule has 1 heterocycles. The number of nitrogens with one attached hydrogen (secondary N) is 3. The highest BCUT2D eigenvalue weighted by Gasteiger charge is 2.26. The predicted octanol–water partition coefficient (Wildman–Crippen LogP) is 4.08. The molecule has 1 aromatic heterocycles. The Morgan fingerprint density at radius 2 is 1.48 bits per heavy atom. The van der Waals surface area contributed by atoms with E-state index in [1.807, 2.05) is 44.2 Å². The van der Waals surface area contributed by atoms with Crippen LogP contribution in [0.25, 0.3) is 0 Å². The lowest BCUT2D eigenvalue weighted by Gasteiger charge is -2.23. The van der Waals surface area contributed by atoms with Gasteiger partial charge in [-0.25, -0.2) is 0 Å². The van der Waals surface area contributed by atoms with E-state index >= 15 is 0 Å². The molecule has 0 aliphatic heterocycles. The maximum absolute atomic E-state index is 12.5. The average molecular weight is 447 g/mol. The molecule has 0 aliphatic rings.